The lowest BCUT2D eigenvalue weighted by molar-refractivity contribution is -0.143. The third kappa shape index (κ3) is 6.35. The molecule has 1 atom stereocenters. The lowest BCUT2D eigenvalue weighted by atomic mass is 9.91. The fourth-order valence-electron chi connectivity index (χ4n) is 4.00. The van der Waals surface area contributed by atoms with Crippen LogP contribution in [0.5, 0.6) is 11.5 Å². The number of ether oxygens (including phenoxy) is 3. The Labute approximate surface area is 207 Å². The molecular formula is C28H36N2O5. The quantitative estimate of drug-likeness (QED) is 0.463. The van der Waals surface area contributed by atoms with Gasteiger partial charge < -0.3 is 24.8 Å². The Bertz CT molecular complexity index is 1120. The van der Waals surface area contributed by atoms with Crippen LogP contribution < -0.4 is 20.1 Å². The highest BCUT2D eigenvalue weighted by molar-refractivity contribution is 5.95. The van der Waals surface area contributed by atoms with Crippen LogP contribution in [-0.4, -0.2) is 24.7 Å². The lowest BCUT2D eigenvalue weighted by Gasteiger charge is -2.31. The Morgan fingerprint density at radius 2 is 1.74 bits per heavy atom. The highest BCUT2D eigenvalue weighted by Crippen LogP contribution is 2.36. The summed E-state index contributed by atoms with van der Waals surface area (Å²) in [5.41, 5.74) is 5.08. The molecule has 3 rings (SSSR count). The van der Waals surface area contributed by atoms with Gasteiger partial charge in [-0.1, -0.05) is 43.7 Å². The Kier molecular flexibility index (Phi) is 8.43. The van der Waals surface area contributed by atoms with Gasteiger partial charge >= 0.3 is 12.0 Å². The maximum atomic E-state index is 13.1. The third-order valence-corrected chi connectivity index (χ3v) is 5.73. The molecule has 0 saturated heterocycles. The molecule has 1 heterocycles. The summed E-state index contributed by atoms with van der Waals surface area (Å²) in [5.74, 6) is 0.598. The molecule has 1 aliphatic heterocycles. The van der Waals surface area contributed by atoms with Crippen molar-refractivity contribution in [2.45, 2.75) is 67.2 Å². The maximum absolute atomic E-state index is 13.1. The molecule has 0 aliphatic carbocycles. The molecule has 2 amide bonds. The van der Waals surface area contributed by atoms with Gasteiger partial charge in [-0.15, -0.1) is 0 Å². The number of hydrogen-bond donors (Lipinski definition) is 2. The highest BCUT2D eigenvalue weighted by atomic mass is 16.5. The molecule has 0 bridgehead atoms. The maximum Gasteiger partial charge on any atom is 0.338 e. The minimum Gasteiger partial charge on any atom is -0.490 e. The van der Waals surface area contributed by atoms with E-state index in [2.05, 4.69) is 42.7 Å². The van der Waals surface area contributed by atoms with E-state index in [0.717, 1.165) is 11.1 Å². The first kappa shape index (κ1) is 26.1. The molecule has 0 spiro atoms. The normalized spacial score (nSPS) is 15.7. The average molecular weight is 481 g/mol. The second-order valence-corrected chi connectivity index (χ2v) is 9.33. The second kappa shape index (κ2) is 11.3. The third-order valence-electron chi connectivity index (χ3n) is 5.73. The predicted octanol–water partition coefficient (Wildman–Crippen LogP) is 5.50. The lowest BCUT2D eigenvalue weighted by Crippen LogP contribution is -2.47. The van der Waals surface area contributed by atoms with Crippen molar-refractivity contribution in [3.05, 3.63) is 69.9 Å². The van der Waals surface area contributed by atoms with E-state index in [-0.39, 0.29) is 18.1 Å². The molecule has 7 heteroatoms. The van der Waals surface area contributed by atoms with Crippen LogP contribution in [0.25, 0.3) is 0 Å². The largest absolute Gasteiger partial charge is 0.490 e. The zero-order valence-corrected chi connectivity index (χ0v) is 21.7. The van der Waals surface area contributed by atoms with Crippen LogP contribution in [0, 0.1) is 19.8 Å². The van der Waals surface area contributed by atoms with E-state index in [4.69, 9.17) is 14.2 Å². The van der Waals surface area contributed by atoms with E-state index in [0.29, 0.717) is 41.5 Å². The summed E-state index contributed by atoms with van der Waals surface area (Å²) in [6.07, 6.45) is -0.290. The number of carbonyl (C=O) groups excluding carboxylic acids is 2. The summed E-state index contributed by atoms with van der Waals surface area (Å²) >= 11 is 0. The van der Waals surface area contributed by atoms with Crippen molar-refractivity contribution in [3.8, 4) is 11.5 Å². The van der Waals surface area contributed by atoms with Gasteiger partial charge in [0.15, 0.2) is 11.5 Å². The number of amides is 2. The number of benzene rings is 2. The minimum atomic E-state index is -0.681. The zero-order valence-electron chi connectivity index (χ0n) is 21.7. The number of allylic oxidation sites excluding steroid dienone is 1. The van der Waals surface area contributed by atoms with Gasteiger partial charge in [-0.25, -0.2) is 9.59 Å². The molecule has 35 heavy (non-hydrogen) atoms. The number of aryl methyl sites for hydroxylation is 2. The first-order valence-corrected chi connectivity index (χ1v) is 12.1. The smallest absolute Gasteiger partial charge is 0.338 e. The first-order chi connectivity index (χ1) is 16.6. The summed E-state index contributed by atoms with van der Waals surface area (Å²) < 4.78 is 17.5. The average Bonchev–Trinajstić information content (AvgIpc) is 2.79. The van der Waals surface area contributed by atoms with E-state index in [1.165, 1.54) is 5.56 Å². The van der Waals surface area contributed by atoms with Gasteiger partial charge in [0.25, 0.3) is 0 Å². The molecule has 2 aromatic rings. The molecule has 1 unspecified atom stereocenters. The van der Waals surface area contributed by atoms with Crippen LogP contribution in [0.3, 0.4) is 0 Å². The molecule has 0 fully saturated rings. The molecule has 2 aromatic carbocycles. The van der Waals surface area contributed by atoms with Gasteiger partial charge in [0.1, 0.15) is 6.61 Å². The van der Waals surface area contributed by atoms with E-state index in [9.17, 15) is 9.59 Å². The molecule has 188 valence electrons. The van der Waals surface area contributed by atoms with E-state index >= 15 is 0 Å². The fraction of sp³-hybridized carbons (Fsp3) is 0.429. The van der Waals surface area contributed by atoms with Gasteiger partial charge in [-0.05, 0) is 69.4 Å². The summed E-state index contributed by atoms with van der Waals surface area (Å²) in [4.78, 5) is 25.6. The van der Waals surface area contributed by atoms with E-state index in [1.54, 1.807) is 13.8 Å². The van der Waals surface area contributed by atoms with E-state index < -0.39 is 12.0 Å². The van der Waals surface area contributed by atoms with Crippen molar-refractivity contribution < 1.29 is 23.8 Å². The Morgan fingerprint density at radius 1 is 1.00 bits per heavy atom. The SMILES string of the molecule is CCOc1cc(C2NC(=O)NC(C(C)C)=C2C(=O)OC(C)C)ccc1OCc1cc(C)ccc1C. The highest BCUT2D eigenvalue weighted by Gasteiger charge is 2.35. The monoisotopic (exact) mass is 480 g/mol. The molecule has 0 radical (unpaired) electrons. The molecular weight excluding hydrogens is 444 g/mol. The van der Waals surface area contributed by atoms with Crippen molar-refractivity contribution in [3.63, 3.8) is 0 Å². The second-order valence-electron chi connectivity index (χ2n) is 9.33. The molecule has 0 saturated carbocycles. The zero-order chi connectivity index (χ0) is 25.7. The molecule has 1 aliphatic rings. The number of carbonyl (C=O) groups is 2. The van der Waals surface area contributed by atoms with Gasteiger partial charge in [0, 0.05) is 5.70 Å². The number of nitrogens with one attached hydrogen (secondary N) is 2. The van der Waals surface area contributed by atoms with Crippen LogP contribution in [0.15, 0.2) is 47.7 Å². The fourth-order valence-corrected chi connectivity index (χ4v) is 4.00. The van der Waals surface area contributed by atoms with Gasteiger partial charge in [0.2, 0.25) is 0 Å². The molecule has 2 N–H and O–H groups in total. The van der Waals surface area contributed by atoms with Crippen LogP contribution in [0.1, 0.15) is 62.9 Å². The Morgan fingerprint density at radius 3 is 2.40 bits per heavy atom. The summed E-state index contributed by atoms with van der Waals surface area (Å²) in [6.45, 7) is 14.3. The number of esters is 1. The van der Waals surface area contributed by atoms with Crippen molar-refractivity contribution in [1.82, 2.24) is 10.6 Å². The number of urea groups is 1. The van der Waals surface area contributed by atoms with Crippen molar-refractivity contribution >= 4 is 12.0 Å². The molecule has 7 nitrogen and oxygen atoms in total. The van der Waals surface area contributed by atoms with Gasteiger partial charge in [0.05, 0.1) is 24.3 Å². The van der Waals surface area contributed by atoms with Crippen LogP contribution >= 0.6 is 0 Å². The minimum absolute atomic E-state index is 0.0789. The van der Waals surface area contributed by atoms with Crippen molar-refractivity contribution in [1.29, 1.82) is 0 Å². The van der Waals surface area contributed by atoms with Crippen LogP contribution in [0.2, 0.25) is 0 Å². The Hall–Kier alpha value is -3.48. The summed E-state index contributed by atoms with van der Waals surface area (Å²) in [5, 5.41) is 5.67. The predicted molar refractivity (Wildman–Crippen MR) is 135 cm³/mol. The first-order valence-electron chi connectivity index (χ1n) is 12.1. The van der Waals surface area contributed by atoms with Crippen LogP contribution in [-0.2, 0) is 16.1 Å². The Balaban J connectivity index is 1.98. The van der Waals surface area contributed by atoms with E-state index in [1.807, 2.05) is 39.0 Å². The molecule has 0 aromatic heterocycles. The van der Waals surface area contributed by atoms with Gasteiger partial charge in [-0.2, -0.15) is 0 Å². The van der Waals surface area contributed by atoms with Gasteiger partial charge in [-0.3, -0.25) is 0 Å². The summed E-state index contributed by atoms with van der Waals surface area (Å²) in [7, 11) is 0. The number of rotatable bonds is 9. The van der Waals surface area contributed by atoms with Crippen molar-refractivity contribution in [2.75, 3.05) is 6.61 Å². The van der Waals surface area contributed by atoms with Crippen molar-refractivity contribution in [2.24, 2.45) is 5.92 Å². The number of hydrogen-bond acceptors (Lipinski definition) is 5. The standard InChI is InChI=1S/C28H36N2O5/c1-8-33-23-14-20(11-12-22(23)34-15-21-13-18(6)9-10-19(21)7)26-24(27(31)35-17(4)5)25(16(2)3)29-28(32)30-26/h9-14,16-17,26H,8,15H2,1-7H3,(H2,29,30,32). The summed E-state index contributed by atoms with van der Waals surface area (Å²) in [6, 6.07) is 10.7. The topological polar surface area (TPSA) is 85.9 Å². The van der Waals surface area contributed by atoms with Crippen LogP contribution in [0.4, 0.5) is 4.79 Å².